The second-order valence-corrected chi connectivity index (χ2v) is 16.9. The molecule has 0 spiro atoms. The van der Waals surface area contributed by atoms with Crippen molar-refractivity contribution in [2.24, 2.45) is 0 Å². The quantitative estimate of drug-likeness (QED) is 0.139. The molecule has 5 heterocycles. The van der Waals surface area contributed by atoms with E-state index in [-0.39, 0.29) is 6.71 Å². The van der Waals surface area contributed by atoms with Gasteiger partial charge in [0.2, 0.25) is 0 Å². The van der Waals surface area contributed by atoms with E-state index in [0.29, 0.717) is 0 Å². The van der Waals surface area contributed by atoms with Crippen LogP contribution in [0.1, 0.15) is 11.1 Å². The summed E-state index contributed by atoms with van der Waals surface area (Å²) in [4.78, 5) is 0. The third kappa shape index (κ3) is 3.10. The van der Waals surface area contributed by atoms with E-state index in [9.17, 15) is 0 Å². The molecule has 55 heavy (non-hydrogen) atoms. The summed E-state index contributed by atoms with van der Waals surface area (Å²) in [5, 5.41) is 13.6. The number of hydrogen-bond acceptors (Lipinski definition) is 1. The molecule has 2 nitrogen and oxygen atoms in total. The Balaban J connectivity index is 1.06. The van der Waals surface area contributed by atoms with E-state index < -0.39 is 0 Å². The van der Waals surface area contributed by atoms with Gasteiger partial charge < -0.3 is 9.13 Å². The zero-order valence-corrected chi connectivity index (χ0v) is 30.3. The molecule has 9 aromatic carbocycles. The standard InChI is InChI=1S/C51H27BN2S/c1-3-10-30-27(8-1)18-19-29-26-36-32(44(29)30)21-23-39-45(36)33-12-5-14-37-49(33)53(39)41-16-7-17-42-48(41)52(37)38-15-6-13-34-47-40(54(42)50(34)38)24-22-35-46-31-11-4-2-9-28(31)20-25-43(46)55-51(35)47/h1-25H,26H2. The highest BCUT2D eigenvalue weighted by Gasteiger charge is 2.41. The predicted octanol–water partition coefficient (Wildman–Crippen LogP) is 11.3. The lowest BCUT2D eigenvalue weighted by Crippen LogP contribution is -2.59. The number of aromatic nitrogens is 2. The molecule has 3 aromatic heterocycles. The van der Waals surface area contributed by atoms with Crippen molar-refractivity contribution in [2.75, 3.05) is 0 Å². The van der Waals surface area contributed by atoms with Gasteiger partial charge in [0, 0.05) is 64.1 Å². The second-order valence-electron chi connectivity index (χ2n) is 15.9. The molecule has 0 amide bonds. The van der Waals surface area contributed by atoms with E-state index in [1.165, 1.54) is 135 Å². The average Bonchev–Trinajstić information content (AvgIpc) is 3.99. The van der Waals surface area contributed by atoms with Crippen molar-refractivity contribution in [1.82, 2.24) is 9.13 Å². The molecule has 4 heteroatoms. The van der Waals surface area contributed by atoms with Gasteiger partial charge in [0.05, 0.1) is 11.0 Å². The van der Waals surface area contributed by atoms with Gasteiger partial charge in [0.25, 0.3) is 6.71 Å². The summed E-state index contributed by atoms with van der Waals surface area (Å²) in [6.07, 6.45) is 0.964. The van der Waals surface area contributed by atoms with Crippen LogP contribution in [0.3, 0.4) is 0 Å². The largest absolute Gasteiger partial charge is 0.310 e. The minimum absolute atomic E-state index is 0.142. The number of fused-ring (bicyclic) bond motifs is 22. The number of thiophene rings is 1. The van der Waals surface area contributed by atoms with Gasteiger partial charge in [-0.2, -0.15) is 0 Å². The van der Waals surface area contributed by atoms with Crippen molar-refractivity contribution in [2.45, 2.75) is 6.42 Å². The lowest BCUT2D eigenvalue weighted by atomic mass is 9.34. The molecular weight excluding hydrogens is 683 g/mol. The molecular formula is C51H27BN2S. The van der Waals surface area contributed by atoms with Gasteiger partial charge in [-0.25, -0.2) is 0 Å². The van der Waals surface area contributed by atoms with Gasteiger partial charge in [0.1, 0.15) is 0 Å². The van der Waals surface area contributed by atoms with Crippen LogP contribution in [0.2, 0.25) is 0 Å². The maximum Gasteiger partial charge on any atom is 0.252 e. The maximum absolute atomic E-state index is 2.61. The Hall–Kier alpha value is -6.62. The average molecular weight is 711 g/mol. The smallest absolute Gasteiger partial charge is 0.252 e. The van der Waals surface area contributed by atoms with Gasteiger partial charge in [0.15, 0.2) is 0 Å². The second kappa shape index (κ2) is 9.36. The van der Waals surface area contributed by atoms with Crippen LogP contribution in [0.5, 0.6) is 0 Å². The van der Waals surface area contributed by atoms with Crippen molar-refractivity contribution in [3.8, 4) is 22.5 Å². The molecule has 3 aliphatic rings. The Bertz CT molecular complexity index is 3820. The first-order valence-corrected chi connectivity index (χ1v) is 20.2. The van der Waals surface area contributed by atoms with E-state index in [4.69, 9.17) is 0 Å². The first kappa shape index (κ1) is 27.9. The van der Waals surface area contributed by atoms with Gasteiger partial charge in [-0.3, -0.25) is 0 Å². The van der Waals surface area contributed by atoms with Crippen molar-refractivity contribution >= 4 is 120 Å². The van der Waals surface area contributed by atoms with Crippen molar-refractivity contribution < 1.29 is 0 Å². The zero-order valence-electron chi connectivity index (χ0n) is 29.5. The fourth-order valence-electron chi connectivity index (χ4n) is 11.5. The minimum Gasteiger partial charge on any atom is -0.310 e. The predicted molar refractivity (Wildman–Crippen MR) is 236 cm³/mol. The minimum atomic E-state index is 0.142. The van der Waals surface area contributed by atoms with Gasteiger partial charge in [-0.05, 0) is 96.9 Å². The molecule has 1 aliphatic carbocycles. The van der Waals surface area contributed by atoms with Crippen LogP contribution in [0.15, 0.2) is 152 Å². The van der Waals surface area contributed by atoms with Gasteiger partial charge in [-0.15, -0.1) is 11.3 Å². The molecule has 0 saturated heterocycles. The molecule has 0 radical (unpaired) electrons. The summed E-state index contributed by atoms with van der Waals surface area (Å²) in [5.74, 6) is 0. The fraction of sp³-hybridized carbons (Fsp3) is 0.0196. The maximum atomic E-state index is 2.61. The first-order chi connectivity index (χ1) is 27.3. The fourth-order valence-corrected chi connectivity index (χ4v) is 12.8. The van der Waals surface area contributed by atoms with E-state index in [2.05, 4.69) is 161 Å². The van der Waals surface area contributed by atoms with E-state index in [1.54, 1.807) is 0 Å². The summed E-state index contributed by atoms with van der Waals surface area (Å²) < 4.78 is 7.96. The topological polar surface area (TPSA) is 9.86 Å². The van der Waals surface area contributed by atoms with Crippen molar-refractivity contribution in [3.63, 3.8) is 0 Å². The number of rotatable bonds is 0. The van der Waals surface area contributed by atoms with Crippen LogP contribution in [0, 0.1) is 0 Å². The Morgan fingerprint density at radius 2 is 1.11 bits per heavy atom. The van der Waals surface area contributed by atoms with Gasteiger partial charge in [-0.1, -0.05) is 121 Å². The van der Waals surface area contributed by atoms with E-state index >= 15 is 0 Å². The molecule has 0 atom stereocenters. The highest BCUT2D eigenvalue weighted by atomic mass is 32.1. The highest BCUT2D eigenvalue weighted by molar-refractivity contribution is 7.27. The molecule has 250 valence electrons. The first-order valence-electron chi connectivity index (χ1n) is 19.4. The lowest BCUT2D eigenvalue weighted by molar-refractivity contribution is 1.14. The normalized spacial score (nSPS) is 13.7. The van der Waals surface area contributed by atoms with Gasteiger partial charge >= 0.3 is 0 Å². The SMILES string of the molecule is c1cc2c3c(c1)-n1c4ccc5c(sc6ccc7ccccc7c65)c4c4cccc(c41)B3c1cccc3c4c5c(ccc4n-2c13)-c1c(ccc2ccccc12)C5. The number of benzene rings is 9. The Labute approximate surface area is 319 Å². The highest BCUT2D eigenvalue weighted by Crippen LogP contribution is 2.49. The lowest BCUT2D eigenvalue weighted by Gasteiger charge is -2.33. The number of nitrogens with zero attached hydrogens (tertiary/aromatic N) is 2. The number of para-hydroxylation sites is 2. The molecule has 15 rings (SSSR count). The molecule has 0 unspecified atom stereocenters. The Kier molecular flexibility index (Phi) is 4.75. The third-order valence-corrected chi connectivity index (χ3v) is 14.7. The van der Waals surface area contributed by atoms with Crippen molar-refractivity contribution in [3.05, 3.63) is 163 Å². The van der Waals surface area contributed by atoms with E-state index in [1.807, 2.05) is 11.3 Å². The summed E-state index contributed by atoms with van der Waals surface area (Å²) in [5.41, 5.74) is 17.9. The Morgan fingerprint density at radius 1 is 0.473 bits per heavy atom. The zero-order chi connectivity index (χ0) is 35.3. The third-order valence-electron chi connectivity index (χ3n) is 13.5. The molecule has 2 aliphatic heterocycles. The molecule has 0 saturated carbocycles. The van der Waals surface area contributed by atoms with Crippen LogP contribution >= 0.6 is 11.3 Å². The van der Waals surface area contributed by atoms with Crippen LogP contribution in [0.25, 0.3) is 108 Å². The molecule has 0 fully saturated rings. The number of hydrogen-bond donors (Lipinski definition) is 0. The summed E-state index contributed by atoms with van der Waals surface area (Å²) in [7, 11) is 0. The molecule has 12 aromatic rings. The van der Waals surface area contributed by atoms with Crippen LogP contribution in [-0.4, -0.2) is 15.8 Å². The Morgan fingerprint density at radius 3 is 1.91 bits per heavy atom. The van der Waals surface area contributed by atoms with Crippen molar-refractivity contribution in [1.29, 1.82) is 0 Å². The summed E-state index contributed by atoms with van der Waals surface area (Å²) in [6, 6.07) is 57.9. The van der Waals surface area contributed by atoms with Crippen LogP contribution in [0.4, 0.5) is 0 Å². The summed E-state index contributed by atoms with van der Waals surface area (Å²) >= 11 is 1.95. The summed E-state index contributed by atoms with van der Waals surface area (Å²) in [6.45, 7) is 0.142. The van der Waals surface area contributed by atoms with E-state index in [0.717, 1.165) is 6.42 Å². The van der Waals surface area contributed by atoms with Crippen LogP contribution < -0.4 is 16.4 Å². The molecule has 0 N–H and O–H groups in total. The molecule has 0 bridgehead atoms. The monoisotopic (exact) mass is 710 g/mol. The van der Waals surface area contributed by atoms with Crippen LogP contribution in [-0.2, 0) is 6.42 Å².